The molecule has 8 nitrogen and oxygen atoms in total. The summed E-state index contributed by atoms with van der Waals surface area (Å²) in [6.07, 6.45) is 5.36. The lowest BCUT2D eigenvalue weighted by atomic mass is 9.86. The monoisotopic (exact) mass is 440 g/mol. The Kier molecular flexibility index (Phi) is 5.29. The first-order chi connectivity index (χ1) is 16.0. The Morgan fingerprint density at radius 2 is 1.79 bits per heavy atom. The number of hydrogen-bond acceptors (Lipinski definition) is 7. The second-order valence-corrected chi connectivity index (χ2v) is 8.71. The number of guanidine groups is 1. The van der Waals surface area contributed by atoms with Crippen molar-refractivity contribution in [2.45, 2.75) is 19.3 Å². The number of aliphatic imine (C=N–C) groups is 2. The van der Waals surface area contributed by atoms with E-state index in [0.29, 0.717) is 11.8 Å². The molecule has 3 aliphatic rings. The van der Waals surface area contributed by atoms with Crippen molar-refractivity contribution >= 4 is 35.1 Å². The third-order valence-electron chi connectivity index (χ3n) is 6.14. The minimum Gasteiger partial charge on any atom is -0.378 e. The summed E-state index contributed by atoms with van der Waals surface area (Å²) in [7, 11) is 0. The van der Waals surface area contributed by atoms with Crippen LogP contribution in [-0.2, 0) is 10.2 Å². The summed E-state index contributed by atoms with van der Waals surface area (Å²) in [6.45, 7) is 7.16. The van der Waals surface area contributed by atoms with Crippen LogP contribution in [0.15, 0.2) is 76.0 Å². The first kappa shape index (κ1) is 21.1. The van der Waals surface area contributed by atoms with E-state index in [9.17, 15) is 5.26 Å². The molecule has 0 radical (unpaired) electrons. The molecular weight excluding hydrogens is 414 g/mol. The highest BCUT2D eigenvalue weighted by Gasteiger charge is 2.43. The Labute approximate surface area is 193 Å². The fourth-order valence-corrected chi connectivity index (χ4v) is 4.08. The molecule has 3 heterocycles. The van der Waals surface area contributed by atoms with Gasteiger partial charge in [0, 0.05) is 36.6 Å². The molecule has 2 aromatic rings. The molecule has 1 fully saturated rings. The zero-order chi connectivity index (χ0) is 22.9. The van der Waals surface area contributed by atoms with E-state index in [2.05, 4.69) is 33.4 Å². The number of fused-ring (bicyclic) bond motifs is 1. The van der Waals surface area contributed by atoms with Crippen molar-refractivity contribution in [2.24, 2.45) is 15.1 Å². The summed E-state index contributed by atoms with van der Waals surface area (Å²) < 4.78 is 5.54. The van der Waals surface area contributed by atoms with Crippen LogP contribution in [0, 0.1) is 11.3 Å². The van der Waals surface area contributed by atoms with Crippen molar-refractivity contribution in [2.75, 3.05) is 36.5 Å². The molecule has 0 aromatic heterocycles. The van der Waals surface area contributed by atoms with Crippen molar-refractivity contribution in [3.05, 3.63) is 66.5 Å². The number of anilines is 2. The SMILES string of the molecule is CC(C)(C#N)c1ccc([N+]23C=CN=CC2=NC(Nc2ccc(N4CCOCC4)cc2)=N3)cc1. The van der Waals surface area contributed by atoms with Crippen molar-refractivity contribution < 1.29 is 4.74 Å². The fraction of sp³-hybridized carbons (Fsp3) is 0.280. The maximum atomic E-state index is 9.44. The van der Waals surface area contributed by atoms with Crippen LogP contribution in [0.2, 0.25) is 0 Å². The van der Waals surface area contributed by atoms with Crippen LogP contribution in [0.25, 0.3) is 0 Å². The third-order valence-corrected chi connectivity index (χ3v) is 6.14. The van der Waals surface area contributed by atoms with Crippen LogP contribution < -0.4 is 14.8 Å². The van der Waals surface area contributed by atoms with Gasteiger partial charge in [0.1, 0.15) is 6.21 Å². The van der Waals surface area contributed by atoms with Crippen LogP contribution in [0.4, 0.5) is 17.1 Å². The largest absolute Gasteiger partial charge is 0.378 e. The van der Waals surface area contributed by atoms with Gasteiger partial charge in [-0.05, 0) is 48.8 Å². The molecule has 0 bridgehead atoms. The number of benzene rings is 2. The smallest absolute Gasteiger partial charge is 0.287 e. The predicted molar refractivity (Wildman–Crippen MR) is 132 cm³/mol. The Morgan fingerprint density at radius 1 is 1.06 bits per heavy atom. The lowest BCUT2D eigenvalue weighted by molar-refractivity contribution is 0.122. The molecule has 8 heteroatoms. The summed E-state index contributed by atoms with van der Waals surface area (Å²) in [5, 5.41) is 17.7. The van der Waals surface area contributed by atoms with E-state index < -0.39 is 5.41 Å². The molecule has 0 aliphatic carbocycles. The number of amidine groups is 1. The van der Waals surface area contributed by atoms with Gasteiger partial charge in [-0.1, -0.05) is 16.7 Å². The van der Waals surface area contributed by atoms with Gasteiger partial charge in [0.15, 0.2) is 11.9 Å². The van der Waals surface area contributed by atoms with Crippen molar-refractivity contribution in [3.63, 3.8) is 0 Å². The van der Waals surface area contributed by atoms with Crippen LogP contribution >= 0.6 is 0 Å². The van der Waals surface area contributed by atoms with Crippen LogP contribution in [0.3, 0.4) is 0 Å². The van der Waals surface area contributed by atoms with Gasteiger partial charge in [-0.2, -0.15) is 10.3 Å². The average molecular weight is 441 g/mol. The molecule has 1 N–H and O–H groups in total. The van der Waals surface area contributed by atoms with Crippen LogP contribution in [0.1, 0.15) is 19.4 Å². The van der Waals surface area contributed by atoms with E-state index in [4.69, 9.17) is 14.8 Å². The minimum absolute atomic E-state index is 0.102. The maximum Gasteiger partial charge on any atom is 0.287 e. The molecule has 1 atom stereocenters. The topological polar surface area (TPSA) is 85.4 Å². The lowest BCUT2D eigenvalue weighted by Crippen LogP contribution is -2.44. The molecule has 2 aromatic carbocycles. The van der Waals surface area contributed by atoms with Gasteiger partial charge in [-0.15, -0.1) is 0 Å². The quantitative estimate of drug-likeness (QED) is 0.729. The van der Waals surface area contributed by atoms with Crippen LogP contribution in [-0.4, -0.2) is 44.3 Å². The molecule has 0 spiro atoms. The zero-order valence-corrected chi connectivity index (χ0v) is 18.8. The standard InChI is InChI=1S/C25H26N7O/c1-25(2,18-26)19-3-9-22(10-4-19)32-14-11-27-17-23(32)29-24(30-32)28-20-5-7-21(8-6-20)31-12-15-33-16-13-31/h3-11,14,17H,12-13,15-16H2,1-2H3,(H,28,30)/q+1. The van der Waals surface area contributed by atoms with E-state index >= 15 is 0 Å². The van der Waals surface area contributed by atoms with Crippen molar-refractivity contribution in [3.8, 4) is 6.07 Å². The molecule has 166 valence electrons. The summed E-state index contributed by atoms with van der Waals surface area (Å²) in [4.78, 5) is 11.3. The fourth-order valence-electron chi connectivity index (χ4n) is 4.08. The van der Waals surface area contributed by atoms with Gasteiger partial charge < -0.3 is 15.0 Å². The van der Waals surface area contributed by atoms with Gasteiger partial charge in [0.2, 0.25) is 0 Å². The van der Waals surface area contributed by atoms with Gasteiger partial charge >= 0.3 is 0 Å². The number of nitrogens with one attached hydrogen (secondary N) is 1. The Balaban J connectivity index is 1.39. The molecular formula is C25H26N7O+. The molecule has 1 saturated heterocycles. The van der Waals surface area contributed by atoms with Gasteiger partial charge in [0.05, 0.1) is 30.9 Å². The second kappa shape index (κ2) is 8.28. The Bertz CT molecular complexity index is 1200. The Morgan fingerprint density at radius 3 is 2.48 bits per heavy atom. The highest BCUT2D eigenvalue weighted by atomic mass is 16.5. The highest BCUT2D eigenvalue weighted by Crippen LogP contribution is 2.33. The summed E-state index contributed by atoms with van der Waals surface area (Å²) in [5.41, 5.74) is 3.43. The normalized spacial score (nSPS) is 21.8. The molecule has 3 aliphatic heterocycles. The van der Waals surface area contributed by atoms with E-state index in [1.54, 1.807) is 12.4 Å². The van der Waals surface area contributed by atoms with Gasteiger partial charge in [-0.25, -0.2) is 0 Å². The Hall–Kier alpha value is -3.80. The molecule has 33 heavy (non-hydrogen) atoms. The van der Waals surface area contributed by atoms with Crippen LogP contribution in [0.5, 0.6) is 0 Å². The third kappa shape index (κ3) is 3.93. The number of hydrogen-bond donors (Lipinski definition) is 1. The van der Waals surface area contributed by atoms with Crippen molar-refractivity contribution in [1.29, 1.82) is 5.26 Å². The van der Waals surface area contributed by atoms with Gasteiger partial charge in [-0.3, -0.25) is 4.99 Å². The van der Waals surface area contributed by atoms with E-state index in [1.165, 1.54) is 5.69 Å². The summed E-state index contributed by atoms with van der Waals surface area (Å²) in [5.74, 6) is 1.22. The zero-order valence-electron chi connectivity index (χ0n) is 18.8. The second-order valence-electron chi connectivity index (χ2n) is 8.71. The first-order valence-corrected chi connectivity index (χ1v) is 11.0. The predicted octanol–water partition coefficient (Wildman–Crippen LogP) is 3.98. The number of rotatable bonds is 4. The summed E-state index contributed by atoms with van der Waals surface area (Å²) >= 11 is 0. The van der Waals surface area contributed by atoms with Crippen molar-refractivity contribution in [1.82, 2.24) is 4.59 Å². The number of nitriles is 1. The number of morpholine rings is 1. The van der Waals surface area contributed by atoms with E-state index in [-0.39, 0.29) is 4.59 Å². The number of nitrogens with zero attached hydrogens (tertiary/aromatic N) is 6. The molecule has 1 unspecified atom stereocenters. The maximum absolute atomic E-state index is 9.44. The lowest BCUT2D eigenvalue weighted by Gasteiger charge is -2.28. The molecule has 5 rings (SSSR count). The van der Waals surface area contributed by atoms with E-state index in [0.717, 1.165) is 43.2 Å². The summed E-state index contributed by atoms with van der Waals surface area (Å²) in [6, 6.07) is 18.6. The molecule has 0 amide bonds. The first-order valence-electron chi connectivity index (χ1n) is 11.0. The highest BCUT2D eigenvalue weighted by molar-refractivity contribution is 6.38. The number of quaternary nitrogens is 1. The molecule has 0 saturated carbocycles. The number of ether oxygens (including phenoxy) is 1. The van der Waals surface area contributed by atoms with Gasteiger partial charge in [0.25, 0.3) is 11.8 Å². The average Bonchev–Trinajstić information content (AvgIpc) is 3.24. The van der Waals surface area contributed by atoms with E-state index in [1.807, 2.05) is 56.4 Å². The minimum atomic E-state index is -0.553.